The zero-order valence-corrected chi connectivity index (χ0v) is 11.1. The van der Waals surface area contributed by atoms with Crippen molar-refractivity contribution in [1.29, 1.82) is 0 Å². The largest absolute Gasteiger partial charge is 0.340 e. The molecule has 0 fully saturated rings. The molecule has 94 valence electrons. The maximum Gasteiger partial charge on any atom is 0.148 e. The van der Waals surface area contributed by atoms with Gasteiger partial charge in [-0.2, -0.15) is 0 Å². The number of rotatable bonds is 3. The number of hydrogen-bond acceptors (Lipinski definition) is 5. The SMILES string of the molecule is Cc1c(NN)ncnc1Nc1ccc(F)c(Br)c1. The van der Waals surface area contributed by atoms with Crippen molar-refractivity contribution in [3.8, 4) is 0 Å². The molecule has 2 aromatic rings. The zero-order valence-electron chi connectivity index (χ0n) is 9.54. The lowest BCUT2D eigenvalue weighted by Gasteiger charge is -2.11. The van der Waals surface area contributed by atoms with E-state index in [4.69, 9.17) is 5.84 Å². The Morgan fingerprint density at radius 1 is 1.28 bits per heavy atom. The summed E-state index contributed by atoms with van der Waals surface area (Å²) in [6.45, 7) is 1.83. The molecule has 0 amide bonds. The van der Waals surface area contributed by atoms with E-state index in [-0.39, 0.29) is 5.82 Å². The van der Waals surface area contributed by atoms with E-state index in [9.17, 15) is 4.39 Å². The molecule has 1 aromatic carbocycles. The Morgan fingerprint density at radius 3 is 2.67 bits per heavy atom. The molecule has 18 heavy (non-hydrogen) atoms. The first-order chi connectivity index (χ1) is 8.61. The first-order valence-corrected chi connectivity index (χ1v) is 5.91. The number of hydrazine groups is 1. The lowest BCUT2D eigenvalue weighted by Crippen LogP contribution is -2.11. The van der Waals surface area contributed by atoms with Gasteiger partial charge >= 0.3 is 0 Å². The maximum atomic E-state index is 13.1. The first kappa shape index (κ1) is 12.7. The molecule has 0 spiro atoms. The van der Waals surface area contributed by atoms with Crippen LogP contribution in [0.3, 0.4) is 0 Å². The monoisotopic (exact) mass is 311 g/mol. The van der Waals surface area contributed by atoms with Crippen LogP contribution in [0.25, 0.3) is 0 Å². The predicted octanol–water partition coefficient (Wildman–Crippen LogP) is 2.72. The van der Waals surface area contributed by atoms with E-state index in [0.29, 0.717) is 21.8 Å². The van der Waals surface area contributed by atoms with Crippen molar-refractivity contribution in [2.45, 2.75) is 6.92 Å². The van der Waals surface area contributed by atoms with E-state index >= 15 is 0 Å². The number of hydrogen-bond donors (Lipinski definition) is 3. The maximum absolute atomic E-state index is 13.1. The summed E-state index contributed by atoms with van der Waals surface area (Å²) in [5.41, 5.74) is 3.98. The average Bonchev–Trinajstić information content (AvgIpc) is 2.36. The quantitative estimate of drug-likeness (QED) is 0.600. The van der Waals surface area contributed by atoms with Gasteiger partial charge in [-0.3, -0.25) is 0 Å². The van der Waals surface area contributed by atoms with Crippen LogP contribution in [-0.2, 0) is 0 Å². The van der Waals surface area contributed by atoms with E-state index in [2.05, 4.69) is 36.6 Å². The summed E-state index contributed by atoms with van der Waals surface area (Å²) in [5, 5.41) is 3.07. The number of benzene rings is 1. The fraction of sp³-hybridized carbons (Fsp3) is 0.0909. The highest BCUT2D eigenvalue weighted by molar-refractivity contribution is 9.10. The number of anilines is 3. The Bertz CT molecular complexity index is 575. The van der Waals surface area contributed by atoms with Crippen molar-refractivity contribution in [1.82, 2.24) is 9.97 Å². The van der Waals surface area contributed by atoms with Gasteiger partial charge in [0.25, 0.3) is 0 Å². The Kier molecular flexibility index (Phi) is 3.73. The molecule has 0 radical (unpaired) electrons. The normalized spacial score (nSPS) is 10.2. The van der Waals surface area contributed by atoms with Gasteiger partial charge in [-0.25, -0.2) is 20.2 Å². The lowest BCUT2D eigenvalue weighted by molar-refractivity contribution is 0.621. The zero-order chi connectivity index (χ0) is 13.1. The fourth-order valence-corrected chi connectivity index (χ4v) is 1.81. The Morgan fingerprint density at radius 2 is 2.00 bits per heavy atom. The first-order valence-electron chi connectivity index (χ1n) is 5.12. The number of halogens is 2. The smallest absolute Gasteiger partial charge is 0.148 e. The Labute approximate surface area is 112 Å². The minimum absolute atomic E-state index is 0.315. The molecular formula is C11H11BrFN5. The van der Waals surface area contributed by atoms with Crippen molar-refractivity contribution >= 4 is 33.3 Å². The summed E-state index contributed by atoms with van der Waals surface area (Å²) >= 11 is 3.13. The van der Waals surface area contributed by atoms with Crippen molar-refractivity contribution < 1.29 is 4.39 Å². The van der Waals surface area contributed by atoms with Gasteiger partial charge < -0.3 is 10.7 Å². The molecule has 0 saturated heterocycles. The average molecular weight is 312 g/mol. The molecule has 5 nitrogen and oxygen atoms in total. The van der Waals surface area contributed by atoms with Gasteiger partial charge in [-0.05, 0) is 41.1 Å². The summed E-state index contributed by atoms with van der Waals surface area (Å²) < 4.78 is 13.5. The molecule has 7 heteroatoms. The van der Waals surface area contributed by atoms with E-state index in [0.717, 1.165) is 5.56 Å². The third-order valence-electron chi connectivity index (χ3n) is 2.40. The highest BCUT2D eigenvalue weighted by Gasteiger charge is 2.07. The summed E-state index contributed by atoms with van der Waals surface area (Å²) in [5.74, 6) is 6.16. The summed E-state index contributed by atoms with van der Waals surface area (Å²) in [4.78, 5) is 8.08. The van der Waals surface area contributed by atoms with Gasteiger partial charge in [0.1, 0.15) is 23.8 Å². The van der Waals surface area contributed by atoms with Gasteiger partial charge in [0, 0.05) is 11.3 Å². The van der Waals surface area contributed by atoms with Crippen LogP contribution in [0.1, 0.15) is 5.56 Å². The molecule has 0 bridgehead atoms. The highest BCUT2D eigenvalue weighted by Crippen LogP contribution is 2.25. The molecule has 1 heterocycles. The van der Waals surface area contributed by atoms with Crippen LogP contribution in [0, 0.1) is 12.7 Å². The second-order valence-corrected chi connectivity index (χ2v) is 4.45. The van der Waals surface area contributed by atoms with E-state index in [1.54, 1.807) is 12.1 Å². The van der Waals surface area contributed by atoms with Crippen molar-refractivity contribution in [2.75, 3.05) is 10.7 Å². The molecule has 4 N–H and O–H groups in total. The molecular weight excluding hydrogens is 301 g/mol. The third kappa shape index (κ3) is 2.57. The van der Waals surface area contributed by atoms with E-state index in [1.165, 1.54) is 12.4 Å². The second kappa shape index (κ2) is 5.28. The third-order valence-corrected chi connectivity index (χ3v) is 3.01. The van der Waals surface area contributed by atoms with Crippen LogP contribution in [0.4, 0.5) is 21.7 Å². The molecule has 0 aliphatic rings. The Hall–Kier alpha value is -1.73. The molecule has 1 aromatic heterocycles. The van der Waals surface area contributed by atoms with Crippen LogP contribution in [0.5, 0.6) is 0 Å². The second-order valence-electron chi connectivity index (χ2n) is 3.59. The summed E-state index contributed by atoms with van der Waals surface area (Å²) in [6, 6.07) is 4.62. The van der Waals surface area contributed by atoms with Crippen molar-refractivity contribution in [2.24, 2.45) is 5.84 Å². The van der Waals surface area contributed by atoms with E-state index < -0.39 is 0 Å². The van der Waals surface area contributed by atoms with Crippen LogP contribution < -0.4 is 16.6 Å². The molecule has 0 aliphatic heterocycles. The number of aromatic nitrogens is 2. The van der Waals surface area contributed by atoms with Crippen LogP contribution in [0.15, 0.2) is 29.0 Å². The van der Waals surface area contributed by atoms with Crippen molar-refractivity contribution in [3.05, 3.63) is 40.4 Å². The lowest BCUT2D eigenvalue weighted by atomic mass is 10.2. The summed E-state index contributed by atoms with van der Waals surface area (Å²) in [7, 11) is 0. The van der Waals surface area contributed by atoms with Gasteiger partial charge in [0.15, 0.2) is 0 Å². The number of nitrogen functional groups attached to an aromatic ring is 1. The van der Waals surface area contributed by atoms with E-state index in [1.807, 2.05) is 6.92 Å². The molecule has 0 saturated carbocycles. The minimum atomic E-state index is -0.315. The van der Waals surface area contributed by atoms with Gasteiger partial charge in [0.05, 0.1) is 4.47 Å². The number of nitrogens with zero attached hydrogens (tertiary/aromatic N) is 2. The molecule has 0 atom stereocenters. The molecule has 0 aliphatic carbocycles. The van der Waals surface area contributed by atoms with Gasteiger partial charge in [-0.15, -0.1) is 0 Å². The number of nitrogens with two attached hydrogens (primary N) is 1. The van der Waals surface area contributed by atoms with Crippen LogP contribution >= 0.6 is 15.9 Å². The molecule has 0 unspecified atom stereocenters. The van der Waals surface area contributed by atoms with Crippen LogP contribution in [0.2, 0.25) is 0 Å². The summed E-state index contributed by atoms with van der Waals surface area (Å²) in [6.07, 6.45) is 1.39. The standard InChI is InChI=1S/C11H11BrFN5/c1-6-10(15-5-16-11(6)18-14)17-7-2-3-9(13)8(12)4-7/h2-5H,14H2,1H3,(H2,15,16,17,18). The minimum Gasteiger partial charge on any atom is -0.340 e. The van der Waals surface area contributed by atoms with Gasteiger partial charge in [0.2, 0.25) is 0 Å². The number of nitrogens with one attached hydrogen (secondary N) is 2. The Balaban J connectivity index is 2.31. The van der Waals surface area contributed by atoms with Crippen LogP contribution in [-0.4, -0.2) is 9.97 Å². The predicted molar refractivity (Wildman–Crippen MR) is 72.0 cm³/mol. The van der Waals surface area contributed by atoms with Gasteiger partial charge in [-0.1, -0.05) is 0 Å². The topological polar surface area (TPSA) is 75.9 Å². The fourth-order valence-electron chi connectivity index (χ4n) is 1.43. The van der Waals surface area contributed by atoms with Crippen molar-refractivity contribution in [3.63, 3.8) is 0 Å². The molecule has 2 rings (SSSR count). The highest BCUT2D eigenvalue weighted by atomic mass is 79.9.